The molecule has 7 nitrogen and oxygen atoms in total. The zero-order valence-electron chi connectivity index (χ0n) is 16.4. The number of Topliss-reactive ketones (excluding diaryl/α,β-unsaturated/α-hetero) is 1. The molecule has 0 aromatic heterocycles. The van der Waals surface area contributed by atoms with Gasteiger partial charge in [-0.2, -0.15) is 0 Å². The van der Waals surface area contributed by atoms with E-state index >= 15 is 0 Å². The number of carbonyl (C=O) groups excluding carboxylic acids is 2. The average molecular weight is 421 g/mol. The Morgan fingerprint density at radius 3 is 2.27 bits per heavy atom. The van der Waals surface area contributed by atoms with Crippen LogP contribution in [0, 0.1) is 0 Å². The molecule has 2 rings (SSSR count). The minimum absolute atomic E-state index is 0.0826. The molecule has 2 aromatic rings. The zero-order valence-corrected chi connectivity index (χ0v) is 16.4. The average Bonchev–Trinajstić information content (AvgIpc) is 2.72. The van der Waals surface area contributed by atoms with E-state index in [1.54, 1.807) is 54.6 Å². The number of halogens is 2. The van der Waals surface area contributed by atoms with Gasteiger partial charge in [0.25, 0.3) is 5.92 Å². The lowest BCUT2D eigenvalue weighted by Gasteiger charge is -2.32. The molecule has 162 valence electrons. The van der Waals surface area contributed by atoms with Gasteiger partial charge in [-0.3, -0.25) is 4.79 Å². The van der Waals surface area contributed by atoms with Gasteiger partial charge in [-0.05, 0) is 36.6 Å². The van der Waals surface area contributed by atoms with E-state index in [-0.39, 0.29) is 13.0 Å². The summed E-state index contributed by atoms with van der Waals surface area (Å²) >= 11 is 0. The molecular weight excluding hydrogens is 396 g/mol. The molecule has 3 unspecified atom stereocenters. The van der Waals surface area contributed by atoms with Crippen molar-refractivity contribution in [3.05, 3.63) is 65.7 Å². The molecule has 0 aliphatic carbocycles. The third-order valence-electron chi connectivity index (χ3n) is 4.58. The van der Waals surface area contributed by atoms with Crippen LogP contribution in [0.15, 0.2) is 54.6 Å². The van der Waals surface area contributed by atoms with E-state index in [4.69, 9.17) is 16.2 Å². The molecule has 0 aliphatic rings. The minimum atomic E-state index is -3.98. The summed E-state index contributed by atoms with van der Waals surface area (Å²) in [6.07, 6.45) is -3.59. The number of benzene rings is 2. The van der Waals surface area contributed by atoms with Crippen molar-refractivity contribution in [3.8, 4) is 0 Å². The number of alkyl halides is 2. The van der Waals surface area contributed by atoms with Gasteiger partial charge >= 0.3 is 6.09 Å². The predicted octanol–water partition coefficient (Wildman–Crippen LogP) is 2.02. The Balaban J connectivity index is 2.16. The van der Waals surface area contributed by atoms with Crippen molar-refractivity contribution in [2.75, 3.05) is 5.73 Å². The van der Waals surface area contributed by atoms with Gasteiger partial charge in [-0.25, -0.2) is 13.6 Å². The van der Waals surface area contributed by atoms with Crippen molar-refractivity contribution >= 4 is 17.6 Å². The van der Waals surface area contributed by atoms with E-state index < -0.39 is 36.0 Å². The molecule has 0 bridgehead atoms. The summed E-state index contributed by atoms with van der Waals surface area (Å²) < 4.78 is 34.2. The molecule has 0 saturated heterocycles. The monoisotopic (exact) mass is 421 g/mol. The summed E-state index contributed by atoms with van der Waals surface area (Å²) in [7, 11) is 0. The number of nitrogens with one attached hydrogen (secondary N) is 1. The Morgan fingerprint density at radius 2 is 1.70 bits per heavy atom. The number of hydrogen-bond acceptors (Lipinski definition) is 6. The largest absolute Gasteiger partial charge is 0.445 e. The van der Waals surface area contributed by atoms with E-state index in [2.05, 4.69) is 5.32 Å². The Kier molecular flexibility index (Phi) is 7.85. The van der Waals surface area contributed by atoms with Crippen LogP contribution in [0.4, 0.5) is 19.3 Å². The fourth-order valence-electron chi connectivity index (χ4n) is 2.79. The van der Waals surface area contributed by atoms with Gasteiger partial charge in [0.1, 0.15) is 18.8 Å². The van der Waals surface area contributed by atoms with Crippen LogP contribution in [0.1, 0.15) is 18.1 Å². The third-order valence-corrected chi connectivity index (χ3v) is 4.58. The molecule has 0 saturated carbocycles. The summed E-state index contributed by atoms with van der Waals surface area (Å²) in [5, 5.41) is 12.6. The van der Waals surface area contributed by atoms with Crippen molar-refractivity contribution in [1.29, 1.82) is 0 Å². The maximum absolute atomic E-state index is 14.6. The Bertz CT molecular complexity index is 847. The quantitative estimate of drug-likeness (QED) is 0.459. The highest BCUT2D eigenvalue weighted by Gasteiger charge is 2.50. The second kappa shape index (κ2) is 10.1. The standard InChI is InChI=1S/C21H25F2N3O4/c1-13(27)18(25)21(22,23)19(28)17(11-14-7-9-16(24)10-8-14)26-20(29)30-12-15-5-3-2-4-6-15/h2-10,17-19,28H,11-12,24-25H2,1H3,(H,26,29). The van der Waals surface area contributed by atoms with E-state index in [1.807, 2.05) is 0 Å². The smallest absolute Gasteiger partial charge is 0.407 e. The Labute approximate surface area is 173 Å². The lowest BCUT2D eigenvalue weighted by Crippen LogP contribution is -2.60. The molecule has 3 atom stereocenters. The normalized spacial score (nSPS) is 14.4. The second-order valence-electron chi connectivity index (χ2n) is 6.97. The minimum Gasteiger partial charge on any atom is -0.445 e. The number of nitrogen functional groups attached to an aromatic ring is 1. The molecule has 9 heteroatoms. The fourth-order valence-corrected chi connectivity index (χ4v) is 2.79. The van der Waals surface area contributed by atoms with Crippen LogP contribution in [0.3, 0.4) is 0 Å². The first kappa shape index (κ1) is 23.2. The number of carbonyl (C=O) groups is 2. The summed E-state index contributed by atoms with van der Waals surface area (Å²) in [5.74, 6) is -4.96. The lowest BCUT2D eigenvalue weighted by molar-refractivity contribution is -0.151. The summed E-state index contributed by atoms with van der Waals surface area (Å²) in [6, 6.07) is 11.4. The molecule has 0 spiro atoms. The van der Waals surface area contributed by atoms with Crippen molar-refractivity contribution in [3.63, 3.8) is 0 Å². The van der Waals surface area contributed by atoms with Crippen LogP contribution in [-0.4, -0.2) is 41.1 Å². The second-order valence-corrected chi connectivity index (χ2v) is 6.97. The van der Waals surface area contributed by atoms with Crippen molar-refractivity contribution in [2.24, 2.45) is 5.73 Å². The number of hydrogen-bond donors (Lipinski definition) is 4. The molecule has 0 heterocycles. The highest BCUT2D eigenvalue weighted by molar-refractivity contribution is 5.82. The van der Waals surface area contributed by atoms with Gasteiger partial charge in [0.05, 0.1) is 6.04 Å². The summed E-state index contributed by atoms with van der Waals surface area (Å²) in [5.41, 5.74) is 12.6. The molecule has 2 aromatic carbocycles. The van der Waals surface area contributed by atoms with Crippen LogP contribution in [0.5, 0.6) is 0 Å². The molecule has 0 fully saturated rings. The number of rotatable bonds is 9. The highest BCUT2D eigenvalue weighted by atomic mass is 19.3. The number of nitrogens with two attached hydrogens (primary N) is 2. The first-order chi connectivity index (χ1) is 14.1. The maximum atomic E-state index is 14.6. The van der Waals surface area contributed by atoms with Gasteiger partial charge in [0.2, 0.25) is 0 Å². The molecule has 6 N–H and O–H groups in total. The zero-order chi connectivity index (χ0) is 22.3. The van der Waals surface area contributed by atoms with Gasteiger partial charge in [-0.15, -0.1) is 0 Å². The third kappa shape index (κ3) is 6.23. The number of amides is 1. The Hall–Kier alpha value is -3.04. The molecule has 1 amide bonds. The van der Waals surface area contributed by atoms with Crippen LogP contribution in [0.25, 0.3) is 0 Å². The number of anilines is 1. The van der Waals surface area contributed by atoms with Crippen molar-refractivity contribution in [1.82, 2.24) is 5.32 Å². The van der Waals surface area contributed by atoms with Gasteiger partial charge in [-0.1, -0.05) is 42.5 Å². The lowest BCUT2D eigenvalue weighted by atomic mass is 9.92. The number of aliphatic hydroxyl groups excluding tert-OH is 1. The van der Waals surface area contributed by atoms with Crippen LogP contribution in [-0.2, 0) is 22.6 Å². The van der Waals surface area contributed by atoms with Crippen LogP contribution < -0.4 is 16.8 Å². The summed E-state index contributed by atoms with van der Waals surface area (Å²) in [4.78, 5) is 23.6. The molecule has 30 heavy (non-hydrogen) atoms. The number of ether oxygens (including phenoxy) is 1. The van der Waals surface area contributed by atoms with E-state index in [9.17, 15) is 23.5 Å². The molecule has 0 aliphatic heterocycles. The highest BCUT2D eigenvalue weighted by Crippen LogP contribution is 2.27. The van der Waals surface area contributed by atoms with Crippen molar-refractivity contribution in [2.45, 2.75) is 44.1 Å². The van der Waals surface area contributed by atoms with E-state index in [1.165, 1.54) is 0 Å². The number of ketones is 1. The molecular formula is C21H25F2N3O4. The maximum Gasteiger partial charge on any atom is 0.407 e. The molecule has 0 radical (unpaired) electrons. The first-order valence-electron chi connectivity index (χ1n) is 9.24. The topological polar surface area (TPSA) is 128 Å². The van der Waals surface area contributed by atoms with Gasteiger partial charge in [0, 0.05) is 5.69 Å². The predicted molar refractivity (Wildman–Crippen MR) is 108 cm³/mol. The van der Waals surface area contributed by atoms with E-state index in [0.717, 1.165) is 6.92 Å². The van der Waals surface area contributed by atoms with E-state index in [0.29, 0.717) is 16.8 Å². The number of alkyl carbamates (subject to hydrolysis) is 1. The number of aliphatic hydroxyl groups is 1. The first-order valence-corrected chi connectivity index (χ1v) is 9.24. The summed E-state index contributed by atoms with van der Waals surface area (Å²) in [6.45, 7) is 0.822. The van der Waals surface area contributed by atoms with Crippen LogP contribution in [0.2, 0.25) is 0 Å². The van der Waals surface area contributed by atoms with Gasteiger partial charge < -0.3 is 26.6 Å². The van der Waals surface area contributed by atoms with Crippen molar-refractivity contribution < 1.29 is 28.2 Å². The van der Waals surface area contributed by atoms with Crippen LogP contribution >= 0.6 is 0 Å². The SMILES string of the molecule is CC(=O)C(N)C(F)(F)C(O)C(Cc1ccc(N)cc1)NC(=O)OCc1ccccc1. The van der Waals surface area contributed by atoms with Gasteiger partial charge in [0.15, 0.2) is 5.78 Å². The fraction of sp³-hybridized carbons (Fsp3) is 0.333. The Morgan fingerprint density at radius 1 is 1.10 bits per heavy atom.